The third-order valence-corrected chi connectivity index (χ3v) is 6.73. The van der Waals surface area contributed by atoms with Crippen LogP contribution < -0.4 is 10.6 Å². The van der Waals surface area contributed by atoms with E-state index >= 15 is 0 Å². The van der Waals surface area contributed by atoms with Gasteiger partial charge in [0, 0.05) is 33.6 Å². The standard InChI is InChI=1S/C34H22N4O4/c39-31(21-7-5-9-23(19-21)33-37-27-11-1-3-13-29(27)41-33)35-25-15-17-26(18-16-25)36-32(40)22-8-6-10-24(20-22)34-38-28-12-2-4-14-30(28)42-34/h1-20H,(H,35,39)(H,36,40). The molecule has 0 radical (unpaired) electrons. The number of hydrogen-bond donors (Lipinski definition) is 2. The zero-order valence-corrected chi connectivity index (χ0v) is 22.1. The predicted molar refractivity (Wildman–Crippen MR) is 161 cm³/mol. The Morgan fingerprint density at radius 1 is 0.500 bits per heavy atom. The number of nitrogens with one attached hydrogen (secondary N) is 2. The quantitative estimate of drug-likeness (QED) is 0.219. The number of anilines is 2. The van der Waals surface area contributed by atoms with Gasteiger partial charge in [-0.25, -0.2) is 9.97 Å². The predicted octanol–water partition coefficient (Wildman–Crippen LogP) is 7.81. The minimum absolute atomic E-state index is 0.277. The van der Waals surface area contributed by atoms with Gasteiger partial charge in [0.25, 0.3) is 11.8 Å². The summed E-state index contributed by atoms with van der Waals surface area (Å²) in [4.78, 5) is 35.0. The second-order valence-corrected chi connectivity index (χ2v) is 9.62. The number of carbonyl (C=O) groups excluding carboxylic acids is 2. The van der Waals surface area contributed by atoms with Crippen LogP contribution in [0, 0.1) is 0 Å². The first-order chi connectivity index (χ1) is 20.6. The molecule has 202 valence electrons. The highest BCUT2D eigenvalue weighted by atomic mass is 16.4. The molecule has 0 saturated heterocycles. The van der Waals surface area contributed by atoms with Crippen molar-refractivity contribution in [3.8, 4) is 22.9 Å². The molecule has 8 nitrogen and oxygen atoms in total. The highest BCUT2D eigenvalue weighted by molar-refractivity contribution is 6.06. The van der Waals surface area contributed by atoms with Gasteiger partial charge in [-0.1, -0.05) is 36.4 Å². The molecule has 5 aromatic carbocycles. The molecule has 0 bridgehead atoms. The Morgan fingerprint density at radius 2 is 0.929 bits per heavy atom. The van der Waals surface area contributed by atoms with E-state index in [9.17, 15) is 9.59 Å². The number of amides is 2. The van der Waals surface area contributed by atoms with Crippen LogP contribution in [0.1, 0.15) is 20.7 Å². The Bertz CT molecular complexity index is 1880. The molecular weight excluding hydrogens is 528 g/mol. The highest BCUT2D eigenvalue weighted by Gasteiger charge is 2.14. The molecule has 2 aromatic heterocycles. The van der Waals surface area contributed by atoms with E-state index in [0.29, 0.717) is 56.6 Å². The molecule has 8 heteroatoms. The van der Waals surface area contributed by atoms with Crippen molar-refractivity contribution in [3.63, 3.8) is 0 Å². The third kappa shape index (κ3) is 5.00. The van der Waals surface area contributed by atoms with Gasteiger partial charge in [-0.05, 0) is 84.9 Å². The summed E-state index contributed by atoms with van der Waals surface area (Å²) in [5.41, 5.74) is 6.39. The lowest BCUT2D eigenvalue weighted by atomic mass is 10.1. The van der Waals surface area contributed by atoms with Crippen molar-refractivity contribution in [2.45, 2.75) is 0 Å². The van der Waals surface area contributed by atoms with Crippen molar-refractivity contribution in [3.05, 3.63) is 132 Å². The minimum Gasteiger partial charge on any atom is -0.436 e. The first-order valence-corrected chi connectivity index (χ1v) is 13.2. The first kappa shape index (κ1) is 25.0. The van der Waals surface area contributed by atoms with Gasteiger partial charge in [-0.15, -0.1) is 0 Å². The smallest absolute Gasteiger partial charge is 0.255 e. The molecule has 0 saturated carbocycles. The van der Waals surface area contributed by atoms with Gasteiger partial charge >= 0.3 is 0 Å². The van der Waals surface area contributed by atoms with Crippen molar-refractivity contribution in [1.29, 1.82) is 0 Å². The Kier molecular flexibility index (Phi) is 6.25. The van der Waals surface area contributed by atoms with Gasteiger partial charge in [-0.2, -0.15) is 0 Å². The van der Waals surface area contributed by atoms with Gasteiger partial charge in [0.1, 0.15) is 11.0 Å². The van der Waals surface area contributed by atoms with Crippen LogP contribution in [0.2, 0.25) is 0 Å². The molecule has 0 fully saturated rings. The van der Waals surface area contributed by atoms with Gasteiger partial charge < -0.3 is 19.5 Å². The van der Waals surface area contributed by atoms with E-state index in [1.165, 1.54) is 0 Å². The average molecular weight is 551 g/mol. The van der Waals surface area contributed by atoms with E-state index in [1.807, 2.05) is 60.7 Å². The second-order valence-electron chi connectivity index (χ2n) is 9.62. The highest BCUT2D eigenvalue weighted by Crippen LogP contribution is 2.27. The van der Waals surface area contributed by atoms with Crippen LogP contribution in [-0.4, -0.2) is 21.8 Å². The SMILES string of the molecule is O=C(Nc1ccc(NC(=O)c2cccc(-c3nc4ccccc4o3)c2)cc1)c1cccc(-c2nc3ccccc3o2)c1. The topological polar surface area (TPSA) is 110 Å². The maximum absolute atomic E-state index is 13.0. The zero-order chi connectivity index (χ0) is 28.5. The van der Waals surface area contributed by atoms with Crippen molar-refractivity contribution in [2.24, 2.45) is 0 Å². The summed E-state index contributed by atoms with van der Waals surface area (Å²) in [6.07, 6.45) is 0. The number of fused-ring (bicyclic) bond motifs is 2. The number of benzene rings is 5. The third-order valence-electron chi connectivity index (χ3n) is 6.73. The number of hydrogen-bond acceptors (Lipinski definition) is 6. The fraction of sp³-hybridized carbons (Fsp3) is 0. The maximum Gasteiger partial charge on any atom is 0.255 e. The molecule has 2 heterocycles. The number of carbonyl (C=O) groups is 2. The molecule has 0 atom stereocenters. The summed E-state index contributed by atoms with van der Waals surface area (Å²) in [6.45, 7) is 0. The number of rotatable bonds is 6. The van der Waals surface area contributed by atoms with Crippen LogP contribution in [0.5, 0.6) is 0 Å². The van der Waals surface area contributed by atoms with E-state index in [4.69, 9.17) is 8.83 Å². The lowest BCUT2D eigenvalue weighted by Crippen LogP contribution is -2.13. The van der Waals surface area contributed by atoms with Gasteiger partial charge in [-0.3, -0.25) is 9.59 Å². The normalized spacial score (nSPS) is 11.0. The summed E-state index contributed by atoms with van der Waals surface area (Å²) in [7, 11) is 0. The van der Waals surface area contributed by atoms with Crippen molar-refractivity contribution in [2.75, 3.05) is 10.6 Å². The first-order valence-electron chi connectivity index (χ1n) is 13.2. The molecule has 42 heavy (non-hydrogen) atoms. The second kappa shape index (κ2) is 10.5. The Hall–Kier alpha value is -6.02. The van der Waals surface area contributed by atoms with Crippen LogP contribution in [-0.2, 0) is 0 Å². The fourth-order valence-corrected chi connectivity index (χ4v) is 4.62. The molecule has 0 aliphatic rings. The summed E-state index contributed by atoms with van der Waals surface area (Å²) in [5, 5.41) is 5.78. The number of aromatic nitrogens is 2. The van der Waals surface area contributed by atoms with E-state index in [0.717, 1.165) is 11.0 Å². The van der Waals surface area contributed by atoms with Crippen LogP contribution in [0.15, 0.2) is 130 Å². The summed E-state index contributed by atoms with van der Waals surface area (Å²) < 4.78 is 11.7. The molecule has 0 aliphatic heterocycles. The van der Waals surface area contributed by atoms with Crippen LogP contribution in [0.4, 0.5) is 11.4 Å². The largest absolute Gasteiger partial charge is 0.436 e. The summed E-state index contributed by atoms with van der Waals surface area (Å²) in [6, 6.07) is 36.2. The molecule has 7 aromatic rings. The molecule has 2 amide bonds. The van der Waals surface area contributed by atoms with E-state index in [-0.39, 0.29) is 11.8 Å². The molecular formula is C34H22N4O4. The summed E-state index contributed by atoms with van der Waals surface area (Å²) in [5.74, 6) is 0.345. The average Bonchev–Trinajstić information content (AvgIpc) is 3.67. The molecule has 7 rings (SSSR count). The van der Waals surface area contributed by atoms with Crippen LogP contribution in [0.3, 0.4) is 0 Å². The monoisotopic (exact) mass is 550 g/mol. The van der Waals surface area contributed by atoms with Crippen molar-refractivity contribution < 1.29 is 18.4 Å². The molecule has 0 spiro atoms. The maximum atomic E-state index is 13.0. The van der Waals surface area contributed by atoms with Gasteiger partial charge in [0.2, 0.25) is 11.8 Å². The number of nitrogens with zero attached hydrogens (tertiary/aromatic N) is 2. The van der Waals surface area contributed by atoms with E-state index in [1.54, 1.807) is 60.7 Å². The number of oxazole rings is 2. The number of para-hydroxylation sites is 4. The zero-order valence-electron chi connectivity index (χ0n) is 22.1. The molecule has 0 unspecified atom stereocenters. The van der Waals surface area contributed by atoms with Crippen LogP contribution >= 0.6 is 0 Å². The minimum atomic E-state index is -0.277. The summed E-state index contributed by atoms with van der Waals surface area (Å²) >= 11 is 0. The van der Waals surface area contributed by atoms with E-state index in [2.05, 4.69) is 20.6 Å². The lowest BCUT2D eigenvalue weighted by molar-refractivity contribution is 0.101. The Balaban J connectivity index is 1.02. The molecule has 0 aliphatic carbocycles. The van der Waals surface area contributed by atoms with E-state index < -0.39 is 0 Å². The fourth-order valence-electron chi connectivity index (χ4n) is 4.62. The van der Waals surface area contributed by atoms with Gasteiger partial charge in [0.05, 0.1) is 0 Å². The Morgan fingerprint density at radius 3 is 1.36 bits per heavy atom. The van der Waals surface area contributed by atoms with Crippen LogP contribution in [0.25, 0.3) is 45.1 Å². The van der Waals surface area contributed by atoms with Crippen molar-refractivity contribution in [1.82, 2.24) is 9.97 Å². The molecule has 2 N–H and O–H groups in total. The van der Waals surface area contributed by atoms with Gasteiger partial charge in [0.15, 0.2) is 11.2 Å². The van der Waals surface area contributed by atoms with Crippen molar-refractivity contribution >= 4 is 45.4 Å². The Labute approximate surface area is 239 Å². The lowest BCUT2D eigenvalue weighted by Gasteiger charge is -2.09.